The lowest BCUT2D eigenvalue weighted by molar-refractivity contribution is -0.124. The molecule has 19 heavy (non-hydrogen) atoms. The van der Waals surface area contributed by atoms with Gasteiger partial charge >= 0.3 is 0 Å². The highest BCUT2D eigenvalue weighted by Crippen LogP contribution is 2.30. The van der Waals surface area contributed by atoms with Crippen molar-refractivity contribution in [2.45, 2.75) is 45.1 Å². The average molecular weight is 269 g/mol. The number of carbonyl (C=O) groups excluding carboxylic acids is 1. The minimum Gasteiger partial charge on any atom is -0.381 e. The molecule has 0 saturated carbocycles. The summed E-state index contributed by atoms with van der Waals surface area (Å²) in [7, 11) is 0. The van der Waals surface area contributed by atoms with E-state index in [2.05, 4.69) is 11.8 Å². The topological polar surface area (TPSA) is 38.8 Å². The molecule has 1 atom stereocenters. The molecule has 4 heteroatoms. The van der Waals surface area contributed by atoms with Crippen molar-refractivity contribution in [1.29, 1.82) is 0 Å². The van der Waals surface area contributed by atoms with Gasteiger partial charge < -0.3 is 14.3 Å². The van der Waals surface area contributed by atoms with E-state index in [1.807, 2.05) is 0 Å². The first kappa shape index (κ1) is 14.9. The van der Waals surface area contributed by atoms with Crippen LogP contribution in [-0.2, 0) is 14.3 Å². The molecule has 2 heterocycles. The second kappa shape index (κ2) is 7.36. The molecule has 2 rings (SSSR count). The van der Waals surface area contributed by atoms with Gasteiger partial charge in [0.1, 0.15) is 6.29 Å². The Morgan fingerprint density at radius 3 is 2.89 bits per heavy atom. The van der Waals surface area contributed by atoms with Gasteiger partial charge in [0.15, 0.2) is 0 Å². The standard InChI is InChI=1S/C15H27NO3/c1-2-8-19-14-4-3-7-16(11-14)12-15(13-17)5-9-18-10-6-15/h13-14H,2-12H2,1H3. The Kier molecular flexibility index (Phi) is 5.79. The Bertz CT molecular complexity index is 277. The van der Waals surface area contributed by atoms with Crippen LogP contribution in [0.3, 0.4) is 0 Å². The fourth-order valence-electron chi connectivity index (χ4n) is 3.11. The number of piperidine rings is 1. The van der Waals surface area contributed by atoms with Crippen molar-refractivity contribution in [2.24, 2.45) is 5.41 Å². The molecule has 0 aromatic rings. The number of ether oxygens (including phenoxy) is 2. The summed E-state index contributed by atoms with van der Waals surface area (Å²) in [5.41, 5.74) is -0.176. The fraction of sp³-hybridized carbons (Fsp3) is 0.933. The van der Waals surface area contributed by atoms with Crippen molar-refractivity contribution in [3.63, 3.8) is 0 Å². The lowest BCUT2D eigenvalue weighted by atomic mass is 9.81. The van der Waals surface area contributed by atoms with Gasteiger partial charge in [-0.25, -0.2) is 0 Å². The molecular weight excluding hydrogens is 242 g/mol. The summed E-state index contributed by atoms with van der Waals surface area (Å²) < 4.78 is 11.3. The molecule has 0 bridgehead atoms. The van der Waals surface area contributed by atoms with Gasteiger partial charge in [0.25, 0.3) is 0 Å². The normalized spacial score (nSPS) is 28.2. The van der Waals surface area contributed by atoms with Crippen molar-refractivity contribution in [2.75, 3.05) is 39.5 Å². The second-order valence-electron chi connectivity index (χ2n) is 5.96. The first-order valence-electron chi connectivity index (χ1n) is 7.66. The maximum Gasteiger partial charge on any atom is 0.127 e. The molecule has 0 aromatic heterocycles. The van der Waals surface area contributed by atoms with Crippen molar-refractivity contribution >= 4 is 6.29 Å². The minimum atomic E-state index is -0.176. The van der Waals surface area contributed by atoms with Crippen LogP contribution in [0.1, 0.15) is 39.0 Å². The Hall–Kier alpha value is -0.450. The van der Waals surface area contributed by atoms with E-state index in [0.717, 1.165) is 65.1 Å². The van der Waals surface area contributed by atoms with Gasteiger partial charge in [0.05, 0.1) is 6.10 Å². The SMILES string of the molecule is CCCOC1CCCN(CC2(C=O)CCOCC2)C1. The number of nitrogens with zero attached hydrogens (tertiary/aromatic N) is 1. The molecule has 0 amide bonds. The van der Waals surface area contributed by atoms with Crippen LogP contribution in [0.15, 0.2) is 0 Å². The summed E-state index contributed by atoms with van der Waals surface area (Å²) in [4.78, 5) is 13.9. The summed E-state index contributed by atoms with van der Waals surface area (Å²) in [5.74, 6) is 0. The molecule has 2 fully saturated rings. The molecule has 0 spiro atoms. The highest BCUT2D eigenvalue weighted by atomic mass is 16.5. The highest BCUT2D eigenvalue weighted by Gasteiger charge is 2.35. The number of hydrogen-bond acceptors (Lipinski definition) is 4. The first-order chi connectivity index (χ1) is 9.28. The molecule has 2 aliphatic heterocycles. The van der Waals surface area contributed by atoms with Crippen LogP contribution in [0.2, 0.25) is 0 Å². The van der Waals surface area contributed by atoms with Gasteiger partial charge in [-0.15, -0.1) is 0 Å². The van der Waals surface area contributed by atoms with E-state index >= 15 is 0 Å². The fourth-order valence-corrected chi connectivity index (χ4v) is 3.11. The molecule has 110 valence electrons. The van der Waals surface area contributed by atoms with E-state index in [-0.39, 0.29) is 5.41 Å². The van der Waals surface area contributed by atoms with Gasteiger partial charge in [-0.1, -0.05) is 6.92 Å². The Balaban J connectivity index is 1.84. The van der Waals surface area contributed by atoms with Gasteiger partial charge in [-0.05, 0) is 38.6 Å². The maximum atomic E-state index is 11.5. The van der Waals surface area contributed by atoms with E-state index in [9.17, 15) is 4.79 Å². The third kappa shape index (κ3) is 4.26. The molecule has 0 radical (unpaired) electrons. The van der Waals surface area contributed by atoms with Crippen LogP contribution in [0, 0.1) is 5.41 Å². The molecule has 2 aliphatic rings. The summed E-state index contributed by atoms with van der Waals surface area (Å²) in [6, 6.07) is 0. The zero-order chi connectivity index (χ0) is 13.6. The second-order valence-corrected chi connectivity index (χ2v) is 5.96. The lowest BCUT2D eigenvalue weighted by Gasteiger charge is -2.40. The summed E-state index contributed by atoms with van der Waals surface area (Å²) in [6.07, 6.45) is 6.68. The van der Waals surface area contributed by atoms with Crippen LogP contribution < -0.4 is 0 Å². The first-order valence-corrected chi connectivity index (χ1v) is 7.66. The molecular formula is C15H27NO3. The molecule has 1 unspecified atom stereocenters. The number of rotatable bonds is 6. The molecule has 2 saturated heterocycles. The van der Waals surface area contributed by atoms with E-state index in [1.165, 1.54) is 12.7 Å². The van der Waals surface area contributed by atoms with Gasteiger partial charge in [-0.3, -0.25) is 4.90 Å². The van der Waals surface area contributed by atoms with E-state index in [1.54, 1.807) is 0 Å². The number of hydrogen-bond donors (Lipinski definition) is 0. The van der Waals surface area contributed by atoms with E-state index in [4.69, 9.17) is 9.47 Å². The number of aldehydes is 1. The van der Waals surface area contributed by atoms with Crippen LogP contribution in [0.25, 0.3) is 0 Å². The molecule has 0 N–H and O–H groups in total. The highest BCUT2D eigenvalue weighted by molar-refractivity contribution is 5.60. The quantitative estimate of drug-likeness (QED) is 0.690. The van der Waals surface area contributed by atoms with Gasteiger partial charge in [0, 0.05) is 38.3 Å². The van der Waals surface area contributed by atoms with Crippen molar-refractivity contribution in [1.82, 2.24) is 4.90 Å². The van der Waals surface area contributed by atoms with Gasteiger partial charge in [-0.2, -0.15) is 0 Å². The van der Waals surface area contributed by atoms with E-state index < -0.39 is 0 Å². The van der Waals surface area contributed by atoms with Crippen molar-refractivity contribution in [3.8, 4) is 0 Å². The molecule has 0 aromatic carbocycles. The largest absolute Gasteiger partial charge is 0.381 e. The van der Waals surface area contributed by atoms with Gasteiger partial charge in [0.2, 0.25) is 0 Å². The summed E-state index contributed by atoms with van der Waals surface area (Å²) in [6.45, 7) is 7.41. The summed E-state index contributed by atoms with van der Waals surface area (Å²) in [5, 5.41) is 0. The van der Waals surface area contributed by atoms with Crippen LogP contribution in [0.5, 0.6) is 0 Å². The predicted octanol–water partition coefficient (Wildman–Crippen LogP) is 1.87. The zero-order valence-corrected chi connectivity index (χ0v) is 12.1. The van der Waals surface area contributed by atoms with Crippen LogP contribution in [0.4, 0.5) is 0 Å². The molecule has 4 nitrogen and oxygen atoms in total. The number of carbonyl (C=O) groups is 1. The monoisotopic (exact) mass is 269 g/mol. The van der Waals surface area contributed by atoms with Crippen molar-refractivity contribution in [3.05, 3.63) is 0 Å². The zero-order valence-electron chi connectivity index (χ0n) is 12.1. The third-order valence-electron chi connectivity index (χ3n) is 4.30. The third-order valence-corrected chi connectivity index (χ3v) is 4.30. The molecule has 0 aliphatic carbocycles. The Labute approximate surface area is 116 Å². The smallest absolute Gasteiger partial charge is 0.127 e. The lowest BCUT2D eigenvalue weighted by Crippen LogP contribution is -2.48. The van der Waals surface area contributed by atoms with Crippen LogP contribution >= 0.6 is 0 Å². The van der Waals surface area contributed by atoms with Crippen LogP contribution in [-0.4, -0.2) is 56.7 Å². The average Bonchev–Trinajstić information content (AvgIpc) is 2.46. The summed E-state index contributed by atoms with van der Waals surface area (Å²) >= 11 is 0. The van der Waals surface area contributed by atoms with Crippen molar-refractivity contribution < 1.29 is 14.3 Å². The maximum absolute atomic E-state index is 11.5. The Morgan fingerprint density at radius 2 is 2.21 bits per heavy atom. The minimum absolute atomic E-state index is 0.176. The predicted molar refractivity (Wildman–Crippen MR) is 74.3 cm³/mol. The van der Waals surface area contributed by atoms with E-state index in [0.29, 0.717) is 6.10 Å². The number of likely N-dealkylation sites (tertiary alicyclic amines) is 1. The Morgan fingerprint density at radius 1 is 1.42 bits per heavy atom.